The fourth-order valence-corrected chi connectivity index (χ4v) is 1.79. The molecule has 3 nitrogen and oxygen atoms in total. The van der Waals surface area contributed by atoms with Gasteiger partial charge in [-0.3, -0.25) is 9.69 Å². The first kappa shape index (κ1) is 16.0. The van der Waals surface area contributed by atoms with Crippen molar-refractivity contribution in [1.29, 1.82) is 0 Å². The van der Waals surface area contributed by atoms with Gasteiger partial charge in [-0.1, -0.05) is 37.6 Å². The van der Waals surface area contributed by atoms with Crippen LogP contribution in [0.15, 0.2) is 24.3 Å². The molecule has 1 rings (SSSR count). The topological polar surface area (TPSA) is 32.3 Å². The molecule has 0 heterocycles. The number of halogens is 1. The van der Waals surface area contributed by atoms with Gasteiger partial charge in [-0.2, -0.15) is 0 Å². The summed E-state index contributed by atoms with van der Waals surface area (Å²) in [5.41, 5.74) is 1.15. The summed E-state index contributed by atoms with van der Waals surface area (Å²) in [6.07, 6.45) is 0. The maximum atomic E-state index is 11.8. The predicted octanol–water partition coefficient (Wildman–Crippen LogP) is 2.93. The van der Waals surface area contributed by atoms with Crippen LogP contribution < -0.4 is 5.32 Å². The molecular weight excluding hydrogens is 260 g/mol. The van der Waals surface area contributed by atoms with Gasteiger partial charge in [0.15, 0.2) is 0 Å². The Bertz CT molecular complexity index is 403. The van der Waals surface area contributed by atoms with E-state index < -0.39 is 0 Å². The molecule has 0 radical (unpaired) electrons. The average Bonchev–Trinajstić information content (AvgIpc) is 2.31. The fourth-order valence-electron chi connectivity index (χ4n) is 1.67. The molecule has 0 spiro atoms. The van der Waals surface area contributed by atoms with Crippen molar-refractivity contribution in [3.05, 3.63) is 34.9 Å². The quantitative estimate of drug-likeness (QED) is 0.870. The summed E-state index contributed by atoms with van der Waals surface area (Å²) in [6, 6.07) is 7.90. The molecule has 1 N–H and O–H groups in total. The summed E-state index contributed by atoms with van der Waals surface area (Å²) >= 11 is 5.84. The monoisotopic (exact) mass is 282 g/mol. The third-order valence-corrected chi connectivity index (χ3v) is 3.42. The molecule has 1 unspecified atom stereocenters. The second kappa shape index (κ2) is 7.51. The van der Waals surface area contributed by atoms with Gasteiger partial charge in [0.25, 0.3) is 0 Å². The summed E-state index contributed by atoms with van der Waals surface area (Å²) in [5, 5.41) is 3.73. The Morgan fingerprint density at radius 2 is 1.84 bits per heavy atom. The molecular formula is C15H23ClN2O. The van der Waals surface area contributed by atoms with Gasteiger partial charge in [0.1, 0.15) is 0 Å². The van der Waals surface area contributed by atoms with Gasteiger partial charge in [-0.15, -0.1) is 0 Å². The number of carbonyl (C=O) groups is 1. The molecule has 106 valence electrons. The minimum atomic E-state index is 0.0673. The van der Waals surface area contributed by atoms with Crippen molar-refractivity contribution in [1.82, 2.24) is 10.2 Å². The number of benzene rings is 1. The zero-order valence-corrected chi connectivity index (χ0v) is 12.9. The van der Waals surface area contributed by atoms with Gasteiger partial charge in [0, 0.05) is 17.6 Å². The van der Waals surface area contributed by atoms with Crippen LogP contribution in [0.25, 0.3) is 0 Å². The highest BCUT2D eigenvalue weighted by Gasteiger charge is 2.12. The van der Waals surface area contributed by atoms with E-state index in [1.807, 2.05) is 43.1 Å². The first-order chi connectivity index (χ1) is 8.88. The van der Waals surface area contributed by atoms with Crippen molar-refractivity contribution in [2.24, 2.45) is 5.92 Å². The van der Waals surface area contributed by atoms with Crippen molar-refractivity contribution in [2.75, 3.05) is 13.6 Å². The summed E-state index contributed by atoms with van der Waals surface area (Å²) in [6.45, 7) is 7.37. The molecule has 0 fully saturated rings. The molecule has 1 amide bonds. The summed E-state index contributed by atoms with van der Waals surface area (Å²) in [7, 11) is 1.94. The van der Waals surface area contributed by atoms with Crippen LogP contribution in [0.2, 0.25) is 5.02 Å². The second-order valence-electron chi connectivity index (χ2n) is 5.40. The maximum Gasteiger partial charge on any atom is 0.234 e. The third kappa shape index (κ3) is 6.08. The van der Waals surface area contributed by atoms with Gasteiger partial charge >= 0.3 is 0 Å². The number of amides is 1. The van der Waals surface area contributed by atoms with Crippen molar-refractivity contribution in [3.8, 4) is 0 Å². The first-order valence-corrected chi connectivity index (χ1v) is 6.98. The van der Waals surface area contributed by atoms with E-state index in [4.69, 9.17) is 11.6 Å². The number of carbonyl (C=O) groups excluding carboxylic acids is 1. The van der Waals surface area contributed by atoms with Crippen LogP contribution in [-0.2, 0) is 11.3 Å². The van der Waals surface area contributed by atoms with Crippen LogP contribution in [0.5, 0.6) is 0 Å². The van der Waals surface area contributed by atoms with Gasteiger partial charge in [0.2, 0.25) is 5.91 Å². The van der Waals surface area contributed by atoms with Crippen LogP contribution in [0, 0.1) is 5.92 Å². The van der Waals surface area contributed by atoms with Gasteiger partial charge in [0.05, 0.1) is 6.54 Å². The van der Waals surface area contributed by atoms with Gasteiger partial charge in [-0.25, -0.2) is 0 Å². The number of nitrogens with one attached hydrogen (secondary N) is 1. The third-order valence-electron chi connectivity index (χ3n) is 3.17. The lowest BCUT2D eigenvalue weighted by Crippen LogP contribution is -2.41. The normalized spacial score (nSPS) is 12.8. The highest BCUT2D eigenvalue weighted by Crippen LogP contribution is 2.10. The minimum absolute atomic E-state index is 0.0673. The number of hydrogen-bond donors (Lipinski definition) is 1. The van der Waals surface area contributed by atoms with Crippen molar-refractivity contribution in [3.63, 3.8) is 0 Å². The molecule has 1 aromatic carbocycles. The highest BCUT2D eigenvalue weighted by molar-refractivity contribution is 6.30. The molecule has 0 aromatic heterocycles. The molecule has 0 aliphatic carbocycles. The molecule has 1 atom stereocenters. The number of hydrogen-bond acceptors (Lipinski definition) is 2. The molecule has 4 heteroatoms. The smallest absolute Gasteiger partial charge is 0.234 e. The minimum Gasteiger partial charge on any atom is -0.352 e. The second-order valence-corrected chi connectivity index (χ2v) is 5.84. The van der Waals surface area contributed by atoms with Gasteiger partial charge < -0.3 is 5.32 Å². The zero-order chi connectivity index (χ0) is 14.4. The number of nitrogens with zero attached hydrogens (tertiary/aromatic N) is 1. The lowest BCUT2D eigenvalue weighted by molar-refractivity contribution is -0.122. The van der Waals surface area contributed by atoms with E-state index in [1.54, 1.807) is 0 Å². The van der Waals surface area contributed by atoms with E-state index in [2.05, 4.69) is 19.2 Å². The van der Waals surface area contributed by atoms with Gasteiger partial charge in [-0.05, 0) is 37.6 Å². The van der Waals surface area contributed by atoms with Crippen LogP contribution >= 0.6 is 11.6 Å². The van der Waals surface area contributed by atoms with E-state index in [-0.39, 0.29) is 11.9 Å². The lowest BCUT2D eigenvalue weighted by atomic mass is 10.1. The average molecular weight is 283 g/mol. The van der Waals surface area contributed by atoms with E-state index in [0.717, 1.165) is 17.1 Å². The summed E-state index contributed by atoms with van der Waals surface area (Å²) in [5.74, 6) is 0.517. The Hall–Kier alpha value is -1.06. The molecule has 19 heavy (non-hydrogen) atoms. The van der Waals surface area contributed by atoms with Crippen LogP contribution in [0.4, 0.5) is 0 Å². The lowest BCUT2D eigenvalue weighted by Gasteiger charge is -2.21. The van der Waals surface area contributed by atoms with Crippen LogP contribution in [-0.4, -0.2) is 30.4 Å². The molecule has 0 bridgehead atoms. The molecule has 0 saturated heterocycles. The Kier molecular flexibility index (Phi) is 6.32. The SMILES string of the molecule is CC(C)C(C)NC(=O)CN(C)Cc1ccc(Cl)cc1. The predicted molar refractivity (Wildman–Crippen MR) is 80.2 cm³/mol. The van der Waals surface area contributed by atoms with Crippen LogP contribution in [0.3, 0.4) is 0 Å². The number of likely N-dealkylation sites (N-methyl/N-ethyl adjacent to an activating group) is 1. The Labute approximate surface area is 120 Å². The Morgan fingerprint density at radius 3 is 2.37 bits per heavy atom. The summed E-state index contributed by atoms with van der Waals surface area (Å²) < 4.78 is 0. The van der Waals surface area contributed by atoms with Crippen molar-refractivity contribution in [2.45, 2.75) is 33.4 Å². The fraction of sp³-hybridized carbons (Fsp3) is 0.533. The Morgan fingerprint density at radius 1 is 1.26 bits per heavy atom. The maximum absolute atomic E-state index is 11.8. The Balaban J connectivity index is 2.40. The van der Waals surface area contributed by atoms with E-state index in [0.29, 0.717) is 12.5 Å². The number of rotatable bonds is 6. The van der Waals surface area contributed by atoms with Crippen molar-refractivity contribution < 1.29 is 4.79 Å². The van der Waals surface area contributed by atoms with Crippen LogP contribution in [0.1, 0.15) is 26.3 Å². The molecule has 0 saturated carbocycles. The highest BCUT2D eigenvalue weighted by atomic mass is 35.5. The standard InChI is InChI=1S/C15H23ClN2O/c1-11(2)12(3)17-15(19)10-18(4)9-13-5-7-14(16)8-6-13/h5-8,11-12H,9-10H2,1-4H3,(H,17,19). The largest absolute Gasteiger partial charge is 0.352 e. The van der Waals surface area contributed by atoms with E-state index >= 15 is 0 Å². The zero-order valence-electron chi connectivity index (χ0n) is 12.1. The van der Waals surface area contributed by atoms with E-state index in [1.165, 1.54) is 0 Å². The molecule has 0 aliphatic rings. The summed E-state index contributed by atoms with van der Waals surface area (Å²) in [4.78, 5) is 13.8. The molecule has 1 aromatic rings. The first-order valence-electron chi connectivity index (χ1n) is 6.61. The molecule has 0 aliphatic heterocycles. The van der Waals surface area contributed by atoms with Crippen molar-refractivity contribution >= 4 is 17.5 Å². The van der Waals surface area contributed by atoms with E-state index in [9.17, 15) is 4.79 Å².